The van der Waals surface area contributed by atoms with Crippen LogP contribution in [0.2, 0.25) is 0 Å². The minimum Gasteiger partial charge on any atom is -0.478 e. The molecule has 0 aromatic heterocycles. The van der Waals surface area contributed by atoms with Crippen molar-refractivity contribution in [2.45, 2.75) is 52.7 Å². The highest BCUT2D eigenvalue weighted by Gasteiger charge is 2.22. The molecule has 0 bridgehead atoms. The Labute approximate surface area is 118 Å². The third-order valence-corrected chi connectivity index (χ3v) is 1.15. The van der Waals surface area contributed by atoms with Crippen molar-refractivity contribution in [3.8, 4) is 0 Å². The fourth-order valence-electron chi connectivity index (χ4n) is 0.663. The first-order chi connectivity index (χ1) is 8.73. The Morgan fingerprint density at radius 1 is 0.750 bits per heavy atom. The summed E-state index contributed by atoms with van der Waals surface area (Å²) >= 11 is 0. The van der Waals surface area contributed by atoms with Crippen LogP contribution < -0.4 is 0 Å². The van der Waals surface area contributed by atoms with Crippen molar-refractivity contribution < 1.29 is 34.1 Å². The minimum absolute atomic E-state index is 0.484. The van der Waals surface area contributed by atoms with E-state index in [1.165, 1.54) is 0 Å². The van der Waals surface area contributed by atoms with E-state index in [1.54, 1.807) is 41.5 Å². The predicted molar refractivity (Wildman–Crippen MR) is 71.5 cm³/mol. The number of aliphatic carboxylic acids is 2. The van der Waals surface area contributed by atoms with Gasteiger partial charge in [0, 0.05) is 12.2 Å². The molecule has 0 rings (SSSR count). The number of hydrogen-bond acceptors (Lipinski definition) is 5. The molecule has 0 amide bonds. The van der Waals surface area contributed by atoms with E-state index in [1.807, 2.05) is 0 Å². The summed E-state index contributed by atoms with van der Waals surface area (Å²) in [5, 5.41) is 15.6. The molecule has 116 valence electrons. The second kappa shape index (κ2) is 8.19. The third-order valence-electron chi connectivity index (χ3n) is 1.15. The summed E-state index contributed by atoms with van der Waals surface area (Å²) in [7, 11) is 0. The van der Waals surface area contributed by atoms with E-state index >= 15 is 0 Å². The van der Waals surface area contributed by atoms with Gasteiger partial charge in [-0.25, -0.2) is 14.4 Å². The van der Waals surface area contributed by atoms with E-state index < -0.39 is 29.3 Å². The van der Waals surface area contributed by atoms with Crippen LogP contribution in [0.15, 0.2) is 12.2 Å². The van der Waals surface area contributed by atoms with Crippen LogP contribution in [0.25, 0.3) is 0 Å². The quantitative estimate of drug-likeness (QED) is 0.593. The Morgan fingerprint density at radius 3 is 1.15 bits per heavy atom. The molecule has 0 aromatic rings. The van der Waals surface area contributed by atoms with Crippen molar-refractivity contribution in [2.75, 3.05) is 0 Å². The van der Waals surface area contributed by atoms with Crippen LogP contribution in [0.3, 0.4) is 0 Å². The summed E-state index contributed by atoms with van der Waals surface area (Å²) < 4.78 is 9.91. The van der Waals surface area contributed by atoms with Crippen molar-refractivity contribution in [3.63, 3.8) is 0 Å². The molecule has 0 aromatic carbocycles. The van der Waals surface area contributed by atoms with Crippen LogP contribution in [0.1, 0.15) is 41.5 Å². The molecule has 0 unspecified atom stereocenters. The lowest BCUT2D eigenvalue weighted by Crippen LogP contribution is -2.30. The van der Waals surface area contributed by atoms with E-state index in [0.29, 0.717) is 12.2 Å². The van der Waals surface area contributed by atoms with Gasteiger partial charge in [0.25, 0.3) is 0 Å². The predicted octanol–water partition coefficient (Wildman–Crippen LogP) is 2.45. The Hall–Kier alpha value is -2.05. The van der Waals surface area contributed by atoms with Gasteiger partial charge in [-0.15, -0.1) is 0 Å². The number of carboxylic acids is 2. The first-order valence-corrected chi connectivity index (χ1v) is 5.79. The Kier molecular flexibility index (Phi) is 8.30. The molecule has 0 fully saturated rings. The smallest absolute Gasteiger partial charge is 0.478 e. The molecule has 0 radical (unpaired) electrons. The van der Waals surface area contributed by atoms with Crippen LogP contribution >= 0.6 is 0 Å². The first kappa shape index (κ1) is 20.3. The van der Waals surface area contributed by atoms with Crippen LogP contribution in [0.5, 0.6) is 0 Å². The largest absolute Gasteiger partial charge is 0.509 e. The Morgan fingerprint density at radius 2 is 1.00 bits per heavy atom. The maximum atomic E-state index is 11.0. The Bertz CT molecular complexity index is 335. The average molecular weight is 290 g/mol. The molecule has 2 N–H and O–H groups in total. The fourth-order valence-corrected chi connectivity index (χ4v) is 0.663. The van der Waals surface area contributed by atoms with E-state index in [0.717, 1.165) is 0 Å². The molecule has 0 aliphatic carbocycles. The van der Waals surface area contributed by atoms with Crippen molar-refractivity contribution in [1.29, 1.82) is 0 Å². The van der Waals surface area contributed by atoms with Crippen molar-refractivity contribution in [2.24, 2.45) is 0 Å². The summed E-state index contributed by atoms with van der Waals surface area (Å²) in [5.74, 6) is -2.51. The number of carbonyl (C=O) groups is 3. The summed E-state index contributed by atoms with van der Waals surface area (Å²) in [4.78, 5) is 30.1. The van der Waals surface area contributed by atoms with Crippen LogP contribution in [-0.2, 0) is 19.1 Å². The molecule has 0 atom stereocenters. The lowest BCUT2D eigenvalue weighted by Gasteiger charge is -2.24. The lowest BCUT2D eigenvalue weighted by molar-refractivity contribution is -0.134. The molecule has 20 heavy (non-hydrogen) atoms. The number of carbonyl (C=O) groups excluding carboxylic acids is 1. The van der Waals surface area contributed by atoms with Crippen LogP contribution in [-0.4, -0.2) is 39.5 Å². The van der Waals surface area contributed by atoms with E-state index in [4.69, 9.17) is 19.7 Å². The highest BCUT2D eigenvalue weighted by molar-refractivity contribution is 5.89. The lowest BCUT2D eigenvalue weighted by atomic mass is 10.2. The van der Waals surface area contributed by atoms with Crippen molar-refractivity contribution in [3.05, 3.63) is 12.2 Å². The van der Waals surface area contributed by atoms with Gasteiger partial charge in [0.05, 0.1) is 0 Å². The van der Waals surface area contributed by atoms with Gasteiger partial charge >= 0.3 is 18.1 Å². The van der Waals surface area contributed by atoms with Crippen LogP contribution in [0, 0.1) is 0 Å². The maximum Gasteiger partial charge on any atom is 0.509 e. The van der Waals surface area contributed by atoms with Gasteiger partial charge in [-0.2, -0.15) is 0 Å². The summed E-state index contributed by atoms with van der Waals surface area (Å²) in [6, 6.07) is 0. The third kappa shape index (κ3) is 21.3. The second-order valence-electron chi connectivity index (χ2n) is 5.69. The maximum absolute atomic E-state index is 11.0. The van der Waals surface area contributed by atoms with Crippen LogP contribution in [0.4, 0.5) is 4.79 Å². The topological polar surface area (TPSA) is 110 Å². The van der Waals surface area contributed by atoms with Gasteiger partial charge in [0.15, 0.2) is 0 Å². The summed E-state index contributed by atoms with van der Waals surface area (Å²) in [6.45, 7) is 10.8. The second-order valence-corrected chi connectivity index (χ2v) is 5.69. The van der Waals surface area contributed by atoms with Gasteiger partial charge in [0.2, 0.25) is 0 Å². The molecular formula is C13H22O7. The Balaban J connectivity index is 0. The fraction of sp³-hybridized carbons (Fsp3) is 0.615. The molecule has 0 spiro atoms. The molecule has 0 aliphatic heterocycles. The molecule has 7 nitrogen and oxygen atoms in total. The highest BCUT2D eigenvalue weighted by atomic mass is 16.7. The number of ether oxygens (including phenoxy) is 2. The van der Waals surface area contributed by atoms with Gasteiger partial charge in [-0.05, 0) is 41.5 Å². The zero-order chi connectivity index (χ0) is 16.6. The summed E-state index contributed by atoms with van der Waals surface area (Å²) in [5.41, 5.74) is -0.968. The van der Waals surface area contributed by atoms with Gasteiger partial charge in [-0.3, -0.25) is 0 Å². The first-order valence-electron chi connectivity index (χ1n) is 5.79. The average Bonchev–Trinajstić information content (AvgIpc) is 2.08. The van der Waals surface area contributed by atoms with E-state index in [2.05, 4.69) is 0 Å². The molecular weight excluding hydrogens is 268 g/mol. The van der Waals surface area contributed by atoms with E-state index in [-0.39, 0.29) is 0 Å². The molecule has 0 aliphatic rings. The zero-order valence-corrected chi connectivity index (χ0v) is 12.6. The van der Waals surface area contributed by atoms with Gasteiger partial charge in [0.1, 0.15) is 11.2 Å². The zero-order valence-electron chi connectivity index (χ0n) is 12.6. The molecule has 0 heterocycles. The SMILES string of the molecule is CC(C)(C)OC(=O)OC(C)(C)C.O=C(O)/C=C/C(=O)O. The number of hydrogen-bond donors (Lipinski definition) is 2. The molecule has 0 saturated heterocycles. The number of carboxylic acid groups (broad SMARTS) is 2. The molecule has 7 heteroatoms. The minimum atomic E-state index is -1.26. The normalized spacial score (nSPS) is 11.3. The summed E-state index contributed by atoms with van der Waals surface area (Å²) in [6.07, 6.45) is 0.500. The standard InChI is InChI=1S/C9H18O3.C4H4O4/c1-8(2,3)11-7(10)12-9(4,5)6;5-3(6)1-2-4(7)8/h1-6H3;1-2H,(H,5,6)(H,7,8)/b;2-1+. The van der Waals surface area contributed by atoms with Crippen molar-refractivity contribution in [1.82, 2.24) is 0 Å². The number of rotatable bonds is 2. The molecule has 0 saturated carbocycles. The van der Waals surface area contributed by atoms with Crippen molar-refractivity contribution >= 4 is 18.1 Å². The monoisotopic (exact) mass is 290 g/mol. The van der Waals surface area contributed by atoms with E-state index in [9.17, 15) is 14.4 Å². The highest BCUT2D eigenvalue weighted by Crippen LogP contribution is 2.13. The van der Waals surface area contributed by atoms with Gasteiger partial charge in [-0.1, -0.05) is 0 Å². The van der Waals surface area contributed by atoms with Gasteiger partial charge < -0.3 is 19.7 Å².